The van der Waals surface area contributed by atoms with Crippen molar-refractivity contribution in [1.82, 2.24) is 19.6 Å². The molecule has 2 heterocycles. The monoisotopic (exact) mass is 342 g/mol. The van der Waals surface area contributed by atoms with E-state index in [0.717, 1.165) is 6.42 Å². The van der Waals surface area contributed by atoms with E-state index in [-0.39, 0.29) is 24.2 Å². The summed E-state index contributed by atoms with van der Waals surface area (Å²) in [4.78, 5) is 28.4. The molecule has 1 aliphatic heterocycles. The maximum absolute atomic E-state index is 12.6. The number of ether oxygens (including phenoxy) is 1. The molecule has 3 rings (SSSR count). The Balaban J connectivity index is 1.65. The van der Waals surface area contributed by atoms with Crippen LogP contribution in [0.15, 0.2) is 30.5 Å². The highest BCUT2D eigenvalue weighted by Gasteiger charge is 2.25. The number of benzene rings is 1. The van der Waals surface area contributed by atoms with Crippen molar-refractivity contribution in [1.29, 1.82) is 0 Å². The number of likely N-dealkylation sites (N-methyl/N-ethyl adjacent to an activating group) is 1. The third-order valence-corrected chi connectivity index (χ3v) is 4.42. The molecule has 0 spiro atoms. The highest BCUT2D eigenvalue weighted by atomic mass is 16.5. The minimum absolute atomic E-state index is 0.0268. The summed E-state index contributed by atoms with van der Waals surface area (Å²) >= 11 is 0. The number of amides is 2. The van der Waals surface area contributed by atoms with Gasteiger partial charge in [-0.2, -0.15) is 0 Å². The minimum Gasteiger partial charge on any atom is -0.479 e. The number of aromatic nitrogens is 2. The molecular formula is C18H22N4O3. The molecule has 7 nitrogen and oxygen atoms in total. The largest absolute Gasteiger partial charge is 0.479 e. The van der Waals surface area contributed by atoms with Gasteiger partial charge in [-0.15, -0.1) is 5.10 Å². The maximum Gasteiger partial charge on any atom is 0.261 e. The quantitative estimate of drug-likeness (QED) is 0.834. The Labute approximate surface area is 146 Å². The van der Waals surface area contributed by atoms with Crippen molar-refractivity contribution in [2.45, 2.75) is 13.0 Å². The highest BCUT2D eigenvalue weighted by Crippen LogP contribution is 2.20. The Morgan fingerprint density at radius 3 is 2.72 bits per heavy atom. The number of hydrogen-bond donors (Lipinski definition) is 0. The lowest BCUT2D eigenvalue weighted by Crippen LogP contribution is -2.43. The topological polar surface area (TPSA) is 67.7 Å². The van der Waals surface area contributed by atoms with Gasteiger partial charge in [0.1, 0.15) is 5.56 Å². The van der Waals surface area contributed by atoms with Crippen LogP contribution < -0.4 is 4.74 Å². The molecule has 0 radical (unpaired) electrons. The van der Waals surface area contributed by atoms with Crippen LogP contribution in [0.5, 0.6) is 5.88 Å². The molecule has 132 valence electrons. The van der Waals surface area contributed by atoms with Crippen LogP contribution >= 0.6 is 0 Å². The molecule has 2 amide bonds. The van der Waals surface area contributed by atoms with Crippen LogP contribution in [-0.4, -0.2) is 58.6 Å². The van der Waals surface area contributed by atoms with Gasteiger partial charge in [0.05, 0.1) is 13.7 Å². The fraction of sp³-hybridized carbons (Fsp3) is 0.389. The smallest absolute Gasteiger partial charge is 0.261 e. The normalized spacial score (nSPS) is 13.3. The van der Waals surface area contributed by atoms with E-state index in [1.807, 2.05) is 18.2 Å². The molecule has 2 aromatic rings. The van der Waals surface area contributed by atoms with Gasteiger partial charge in [0.15, 0.2) is 0 Å². The first-order valence-corrected chi connectivity index (χ1v) is 8.17. The molecule has 7 heteroatoms. The van der Waals surface area contributed by atoms with Crippen LogP contribution in [0.1, 0.15) is 21.5 Å². The number of hydrogen-bond acceptors (Lipinski definition) is 4. The number of aryl methyl sites for hydroxylation is 1. The van der Waals surface area contributed by atoms with Gasteiger partial charge < -0.3 is 14.5 Å². The van der Waals surface area contributed by atoms with E-state index < -0.39 is 0 Å². The van der Waals surface area contributed by atoms with E-state index >= 15 is 0 Å². The molecule has 0 fully saturated rings. The summed E-state index contributed by atoms with van der Waals surface area (Å²) in [5, 5.41) is 4.08. The molecule has 1 aromatic heterocycles. The maximum atomic E-state index is 12.6. The third-order valence-electron chi connectivity index (χ3n) is 4.42. The molecule has 1 aromatic carbocycles. The van der Waals surface area contributed by atoms with Gasteiger partial charge in [0, 0.05) is 33.4 Å². The van der Waals surface area contributed by atoms with Crippen molar-refractivity contribution in [2.24, 2.45) is 7.05 Å². The van der Waals surface area contributed by atoms with Crippen LogP contribution in [0, 0.1) is 0 Å². The second kappa shape index (κ2) is 6.96. The van der Waals surface area contributed by atoms with Crippen LogP contribution in [0.25, 0.3) is 0 Å². The molecule has 0 saturated heterocycles. The summed E-state index contributed by atoms with van der Waals surface area (Å²) in [7, 11) is 4.80. The predicted octanol–water partition coefficient (Wildman–Crippen LogP) is 1.09. The van der Waals surface area contributed by atoms with Crippen molar-refractivity contribution in [3.63, 3.8) is 0 Å². The fourth-order valence-electron chi connectivity index (χ4n) is 3.05. The van der Waals surface area contributed by atoms with Gasteiger partial charge in [0.2, 0.25) is 11.8 Å². The zero-order valence-corrected chi connectivity index (χ0v) is 14.7. The third kappa shape index (κ3) is 3.50. The van der Waals surface area contributed by atoms with Crippen LogP contribution in [0.4, 0.5) is 0 Å². The van der Waals surface area contributed by atoms with Gasteiger partial charge in [0.25, 0.3) is 5.91 Å². The number of carbonyl (C=O) groups is 2. The molecule has 1 aliphatic rings. The second-order valence-electron chi connectivity index (χ2n) is 6.22. The average Bonchev–Trinajstić information content (AvgIpc) is 3.01. The van der Waals surface area contributed by atoms with Gasteiger partial charge in [-0.3, -0.25) is 14.3 Å². The molecule has 0 bridgehead atoms. The number of methoxy groups -OCH3 is 1. The molecule has 0 atom stereocenters. The summed E-state index contributed by atoms with van der Waals surface area (Å²) in [5.74, 6) is -0.0809. The Morgan fingerprint density at radius 1 is 1.28 bits per heavy atom. The van der Waals surface area contributed by atoms with Gasteiger partial charge in [-0.1, -0.05) is 24.3 Å². The van der Waals surface area contributed by atoms with Crippen LogP contribution in [0.3, 0.4) is 0 Å². The number of rotatable bonds is 4. The summed E-state index contributed by atoms with van der Waals surface area (Å²) in [6, 6.07) is 8.15. The second-order valence-corrected chi connectivity index (χ2v) is 6.22. The van der Waals surface area contributed by atoms with E-state index in [1.165, 1.54) is 27.8 Å². The van der Waals surface area contributed by atoms with E-state index in [1.54, 1.807) is 25.2 Å². The number of fused-ring (bicyclic) bond motifs is 1. The van der Waals surface area contributed by atoms with Crippen molar-refractivity contribution in [3.05, 3.63) is 47.2 Å². The first-order chi connectivity index (χ1) is 12.0. The average molecular weight is 342 g/mol. The lowest BCUT2D eigenvalue weighted by Gasteiger charge is -2.30. The molecule has 0 N–H and O–H groups in total. The molecule has 0 aliphatic carbocycles. The summed E-state index contributed by atoms with van der Waals surface area (Å²) in [5.41, 5.74) is 2.81. The van der Waals surface area contributed by atoms with Gasteiger partial charge in [-0.05, 0) is 17.5 Å². The fourth-order valence-corrected chi connectivity index (χ4v) is 3.05. The summed E-state index contributed by atoms with van der Waals surface area (Å²) in [6.07, 6.45) is 2.44. The molecule has 0 unspecified atom stereocenters. The first-order valence-electron chi connectivity index (χ1n) is 8.17. The predicted molar refractivity (Wildman–Crippen MR) is 92.3 cm³/mol. The number of nitrogens with zero attached hydrogens (tertiary/aromatic N) is 4. The van der Waals surface area contributed by atoms with Crippen LogP contribution in [-0.2, 0) is 24.8 Å². The Kier molecular flexibility index (Phi) is 4.74. The van der Waals surface area contributed by atoms with Gasteiger partial charge >= 0.3 is 0 Å². The lowest BCUT2D eigenvalue weighted by molar-refractivity contribution is -0.132. The van der Waals surface area contributed by atoms with E-state index in [2.05, 4.69) is 11.2 Å². The van der Waals surface area contributed by atoms with Gasteiger partial charge in [-0.25, -0.2) is 0 Å². The SMILES string of the molecule is COc1nn(C)cc1C(=O)N(C)CC(=O)N1CCc2ccccc2C1. The lowest BCUT2D eigenvalue weighted by atomic mass is 10.00. The van der Waals surface area contributed by atoms with E-state index in [0.29, 0.717) is 18.7 Å². The Hall–Kier alpha value is -2.83. The molecule has 0 saturated carbocycles. The van der Waals surface area contributed by atoms with Crippen molar-refractivity contribution in [2.75, 3.05) is 27.2 Å². The van der Waals surface area contributed by atoms with Crippen molar-refractivity contribution in [3.8, 4) is 5.88 Å². The van der Waals surface area contributed by atoms with Crippen molar-refractivity contribution < 1.29 is 14.3 Å². The zero-order valence-electron chi connectivity index (χ0n) is 14.7. The summed E-state index contributed by atoms with van der Waals surface area (Å²) in [6.45, 7) is 1.29. The molecular weight excluding hydrogens is 320 g/mol. The standard InChI is InChI=1S/C18H22N4O3/c1-20(18(24)15-11-21(2)19-17(15)25-3)12-16(23)22-9-8-13-6-4-5-7-14(13)10-22/h4-7,11H,8-10,12H2,1-3H3. The molecule has 25 heavy (non-hydrogen) atoms. The Morgan fingerprint density at radius 2 is 2.00 bits per heavy atom. The Bertz CT molecular complexity index is 799. The first kappa shape index (κ1) is 17.0. The van der Waals surface area contributed by atoms with E-state index in [9.17, 15) is 9.59 Å². The number of carbonyl (C=O) groups excluding carboxylic acids is 2. The zero-order chi connectivity index (χ0) is 18.0. The highest BCUT2D eigenvalue weighted by molar-refractivity contribution is 5.98. The van der Waals surface area contributed by atoms with Crippen molar-refractivity contribution >= 4 is 11.8 Å². The van der Waals surface area contributed by atoms with Crippen LogP contribution in [0.2, 0.25) is 0 Å². The minimum atomic E-state index is -0.282. The van der Waals surface area contributed by atoms with E-state index in [4.69, 9.17) is 4.74 Å². The summed E-state index contributed by atoms with van der Waals surface area (Å²) < 4.78 is 6.64.